The highest BCUT2D eigenvalue weighted by Gasteiger charge is 2.27. The number of para-hydroxylation sites is 1. The maximum atomic E-state index is 14.3. The molecule has 0 aliphatic heterocycles. The molecule has 0 aliphatic carbocycles. The standard InChI is InChI=1S/C24H22F4N8O.H2S/c1-13(15-4-3-5-16-20(22(37)29-2)17(25)10-31-21(15)16)7-30-19-6-18(35-12-36-19)14-8-32-23(33-9-14)34-11-24(26,27)28;/h3-6,8-10,12-13H,7,11H2,1-2H3,(H,29,37)(H,30,35,36)(H,32,33,34);1H2/t13-;/m1./s1. The van der Waals surface area contributed by atoms with Gasteiger partial charge in [-0.2, -0.15) is 26.7 Å². The van der Waals surface area contributed by atoms with Gasteiger partial charge in [-0.3, -0.25) is 9.78 Å². The van der Waals surface area contributed by atoms with Gasteiger partial charge in [0.15, 0.2) is 5.82 Å². The van der Waals surface area contributed by atoms with Crippen molar-refractivity contribution in [3.05, 3.63) is 66.1 Å². The summed E-state index contributed by atoms with van der Waals surface area (Å²) in [6, 6.07) is 6.93. The van der Waals surface area contributed by atoms with Crippen LogP contribution in [0.25, 0.3) is 22.2 Å². The Hall–Kier alpha value is -4.07. The molecule has 9 nitrogen and oxygen atoms in total. The topological polar surface area (TPSA) is 118 Å². The zero-order valence-electron chi connectivity index (χ0n) is 20.3. The predicted octanol–water partition coefficient (Wildman–Crippen LogP) is 4.28. The summed E-state index contributed by atoms with van der Waals surface area (Å²) in [4.78, 5) is 32.6. The molecule has 0 unspecified atom stereocenters. The highest BCUT2D eigenvalue weighted by molar-refractivity contribution is 7.59. The molecule has 38 heavy (non-hydrogen) atoms. The van der Waals surface area contributed by atoms with Gasteiger partial charge in [0.05, 0.1) is 23.0 Å². The smallest absolute Gasteiger partial charge is 0.369 e. The number of nitrogens with zero attached hydrogens (tertiary/aromatic N) is 5. The molecule has 3 aromatic heterocycles. The molecule has 1 amide bonds. The Kier molecular flexibility index (Phi) is 8.99. The van der Waals surface area contributed by atoms with Crippen LogP contribution in [0.15, 0.2) is 49.2 Å². The molecule has 1 aromatic carbocycles. The Balaban J connectivity index is 0.00000400. The number of nitrogens with one attached hydrogen (secondary N) is 3. The number of pyridine rings is 1. The van der Waals surface area contributed by atoms with Crippen molar-refractivity contribution in [2.24, 2.45) is 0 Å². The molecule has 4 rings (SSSR count). The van der Waals surface area contributed by atoms with E-state index in [1.807, 2.05) is 13.0 Å². The molecule has 14 heteroatoms. The van der Waals surface area contributed by atoms with Crippen LogP contribution < -0.4 is 16.0 Å². The summed E-state index contributed by atoms with van der Waals surface area (Å²) in [5.74, 6) is -0.974. The van der Waals surface area contributed by atoms with E-state index in [4.69, 9.17) is 0 Å². The maximum absolute atomic E-state index is 14.3. The van der Waals surface area contributed by atoms with Crippen LogP contribution in [0.1, 0.15) is 28.8 Å². The number of rotatable bonds is 8. The zero-order chi connectivity index (χ0) is 26.6. The molecule has 4 aromatic rings. The monoisotopic (exact) mass is 548 g/mol. The van der Waals surface area contributed by atoms with Crippen molar-refractivity contribution < 1.29 is 22.4 Å². The highest BCUT2D eigenvalue weighted by atomic mass is 32.1. The van der Waals surface area contributed by atoms with Crippen LogP contribution in [-0.4, -0.2) is 57.1 Å². The van der Waals surface area contributed by atoms with Crippen molar-refractivity contribution in [2.45, 2.75) is 19.0 Å². The third-order valence-corrected chi connectivity index (χ3v) is 5.52. The molecule has 0 saturated carbocycles. The fourth-order valence-electron chi connectivity index (χ4n) is 3.69. The zero-order valence-corrected chi connectivity index (χ0v) is 21.3. The number of hydrogen-bond acceptors (Lipinski definition) is 8. The first-order valence-corrected chi connectivity index (χ1v) is 11.1. The maximum Gasteiger partial charge on any atom is 0.405 e. The molecule has 0 radical (unpaired) electrons. The molecular weight excluding hydrogens is 524 g/mol. The van der Waals surface area contributed by atoms with Crippen molar-refractivity contribution in [1.29, 1.82) is 0 Å². The SMILES string of the molecule is CNC(=O)c1c(F)cnc2c([C@H](C)CNc3cc(-c4cnc(NCC(F)(F)F)nc4)ncn3)cccc12.S. The number of carbonyl (C=O) groups excluding carboxylic acids is 1. The molecule has 0 saturated heterocycles. The minimum atomic E-state index is -4.38. The van der Waals surface area contributed by atoms with Crippen LogP contribution in [0.5, 0.6) is 0 Å². The fourth-order valence-corrected chi connectivity index (χ4v) is 3.69. The summed E-state index contributed by atoms with van der Waals surface area (Å²) in [5, 5.41) is 8.20. The van der Waals surface area contributed by atoms with E-state index in [-0.39, 0.29) is 30.9 Å². The van der Waals surface area contributed by atoms with E-state index in [1.165, 1.54) is 25.8 Å². The number of halogens is 4. The molecule has 1 atom stereocenters. The third-order valence-electron chi connectivity index (χ3n) is 5.52. The average Bonchev–Trinajstić information content (AvgIpc) is 2.89. The van der Waals surface area contributed by atoms with E-state index in [9.17, 15) is 22.4 Å². The van der Waals surface area contributed by atoms with E-state index in [2.05, 4.69) is 40.9 Å². The Morgan fingerprint density at radius 2 is 1.76 bits per heavy atom. The van der Waals surface area contributed by atoms with Crippen molar-refractivity contribution in [2.75, 3.05) is 30.8 Å². The summed E-state index contributed by atoms with van der Waals surface area (Å²) >= 11 is 0. The van der Waals surface area contributed by atoms with Gasteiger partial charge >= 0.3 is 6.18 Å². The number of benzene rings is 1. The first-order valence-electron chi connectivity index (χ1n) is 11.1. The minimum absolute atomic E-state index is 0. The molecule has 0 bridgehead atoms. The lowest BCUT2D eigenvalue weighted by Crippen LogP contribution is -2.22. The summed E-state index contributed by atoms with van der Waals surface area (Å²) in [6.07, 6.45) is 0.739. The second kappa shape index (κ2) is 12.0. The molecule has 3 N–H and O–H groups in total. The van der Waals surface area contributed by atoms with Gasteiger partial charge in [-0.1, -0.05) is 25.1 Å². The highest BCUT2D eigenvalue weighted by Crippen LogP contribution is 2.28. The number of fused-ring (bicyclic) bond motifs is 1. The molecular formula is C24H24F4N8OS. The lowest BCUT2D eigenvalue weighted by Gasteiger charge is -2.17. The van der Waals surface area contributed by atoms with Crippen molar-refractivity contribution in [3.8, 4) is 11.3 Å². The summed E-state index contributed by atoms with van der Waals surface area (Å²) in [5.41, 5.74) is 2.26. The van der Waals surface area contributed by atoms with Crippen LogP contribution in [0, 0.1) is 5.82 Å². The minimum Gasteiger partial charge on any atom is -0.369 e. The Labute approximate surface area is 222 Å². The number of aromatic nitrogens is 5. The second-order valence-electron chi connectivity index (χ2n) is 8.14. The van der Waals surface area contributed by atoms with Crippen molar-refractivity contribution in [3.63, 3.8) is 0 Å². The van der Waals surface area contributed by atoms with Gasteiger partial charge in [0, 0.05) is 48.9 Å². The van der Waals surface area contributed by atoms with Crippen molar-refractivity contribution in [1.82, 2.24) is 30.2 Å². The van der Waals surface area contributed by atoms with Gasteiger partial charge in [-0.15, -0.1) is 0 Å². The molecule has 0 spiro atoms. The van der Waals surface area contributed by atoms with Crippen LogP contribution in [-0.2, 0) is 0 Å². The van der Waals surface area contributed by atoms with Crippen LogP contribution in [0.4, 0.5) is 29.3 Å². The lowest BCUT2D eigenvalue weighted by atomic mass is 9.96. The second-order valence-corrected chi connectivity index (χ2v) is 8.14. The van der Waals surface area contributed by atoms with Gasteiger partial charge in [0.1, 0.15) is 18.7 Å². The predicted molar refractivity (Wildman–Crippen MR) is 140 cm³/mol. The van der Waals surface area contributed by atoms with E-state index in [1.54, 1.807) is 18.2 Å². The number of amides is 1. The van der Waals surface area contributed by atoms with E-state index >= 15 is 0 Å². The first-order chi connectivity index (χ1) is 17.7. The first kappa shape index (κ1) is 28.5. The fraction of sp³-hybridized carbons (Fsp3) is 0.250. The molecule has 0 aliphatic rings. The quantitative estimate of drug-likeness (QED) is 0.279. The normalized spacial score (nSPS) is 11.9. The van der Waals surface area contributed by atoms with Gasteiger partial charge in [-0.05, 0) is 5.56 Å². The van der Waals surface area contributed by atoms with Gasteiger partial charge in [0.2, 0.25) is 5.95 Å². The Bertz CT molecular complexity index is 1420. The summed E-state index contributed by atoms with van der Waals surface area (Å²) in [6.45, 7) is 1.15. The lowest BCUT2D eigenvalue weighted by molar-refractivity contribution is -0.115. The van der Waals surface area contributed by atoms with E-state index < -0.39 is 24.4 Å². The van der Waals surface area contributed by atoms with Gasteiger partial charge < -0.3 is 16.0 Å². The number of carbonyl (C=O) groups is 1. The number of hydrogen-bond donors (Lipinski definition) is 3. The van der Waals surface area contributed by atoms with Gasteiger partial charge in [0.25, 0.3) is 5.91 Å². The van der Waals surface area contributed by atoms with E-state index in [0.717, 1.165) is 11.8 Å². The average molecular weight is 549 g/mol. The van der Waals surface area contributed by atoms with Gasteiger partial charge in [-0.25, -0.2) is 24.3 Å². The molecule has 200 valence electrons. The summed E-state index contributed by atoms with van der Waals surface area (Å²) < 4.78 is 51.4. The largest absolute Gasteiger partial charge is 0.405 e. The number of alkyl halides is 3. The summed E-state index contributed by atoms with van der Waals surface area (Å²) in [7, 11) is 1.44. The van der Waals surface area contributed by atoms with Crippen LogP contribution >= 0.6 is 13.5 Å². The molecule has 0 fully saturated rings. The third kappa shape index (κ3) is 6.62. The van der Waals surface area contributed by atoms with Crippen molar-refractivity contribution >= 4 is 42.1 Å². The number of anilines is 2. The van der Waals surface area contributed by atoms with Crippen LogP contribution in [0.2, 0.25) is 0 Å². The van der Waals surface area contributed by atoms with E-state index in [0.29, 0.717) is 34.5 Å². The Morgan fingerprint density at radius 1 is 1.03 bits per heavy atom. The van der Waals surface area contributed by atoms with Crippen LogP contribution in [0.3, 0.4) is 0 Å². The Morgan fingerprint density at radius 3 is 2.45 bits per heavy atom. The molecule has 3 heterocycles.